The summed E-state index contributed by atoms with van der Waals surface area (Å²) in [5.74, 6) is -0.886. The zero-order valence-electron chi connectivity index (χ0n) is 12.2. The lowest BCUT2D eigenvalue weighted by molar-refractivity contribution is -0.131. The van der Waals surface area contributed by atoms with E-state index < -0.39 is 5.97 Å². The van der Waals surface area contributed by atoms with Gasteiger partial charge in [-0.2, -0.15) is 0 Å². The summed E-state index contributed by atoms with van der Waals surface area (Å²) in [6.07, 6.45) is 6.98. The molecule has 0 saturated carbocycles. The van der Waals surface area contributed by atoms with E-state index in [1.54, 1.807) is 17.4 Å². The summed E-state index contributed by atoms with van der Waals surface area (Å²) in [5, 5.41) is 10.8. The lowest BCUT2D eigenvalue weighted by Gasteiger charge is -2.44. The van der Waals surface area contributed by atoms with Crippen molar-refractivity contribution in [3.8, 4) is 0 Å². The molecule has 2 aliphatic heterocycles. The number of rotatable bonds is 4. The Balaban J connectivity index is 1.62. The molecule has 2 saturated heterocycles. The topological polar surface area (TPSA) is 43.8 Å². The molecule has 21 heavy (non-hydrogen) atoms. The summed E-state index contributed by atoms with van der Waals surface area (Å²) in [6.45, 7) is 5.66. The fourth-order valence-corrected chi connectivity index (χ4v) is 4.26. The second-order valence-corrected chi connectivity index (χ2v) is 6.89. The molecule has 0 bridgehead atoms. The zero-order valence-corrected chi connectivity index (χ0v) is 13.0. The van der Waals surface area contributed by atoms with Crippen LogP contribution < -0.4 is 0 Å². The molecular weight excluding hydrogens is 284 g/mol. The van der Waals surface area contributed by atoms with E-state index in [0.717, 1.165) is 31.2 Å². The summed E-state index contributed by atoms with van der Waals surface area (Å²) in [5.41, 5.74) is 1.05. The first-order chi connectivity index (χ1) is 10.2. The fourth-order valence-electron chi connectivity index (χ4n) is 3.36. The number of hydrogen-bond donors (Lipinski definition) is 1. The van der Waals surface area contributed by atoms with Crippen LogP contribution in [0.5, 0.6) is 0 Å². The molecule has 0 radical (unpaired) electrons. The Hall–Kier alpha value is -1.17. The van der Waals surface area contributed by atoms with Gasteiger partial charge in [-0.15, -0.1) is 11.3 Å². The number of carboxylic acids is 1. The van der Waals surface area contributed by atoms with Crippen molar-refractivity contribution in [3.63, 3.8) is 0 Å². The largest absolute Gasteiger partial charge is 0.478 e. The summed E-state index contributed by atoms with van der Waals surface area (Å²) < 4.78 is 0. The monoisotopic (exact) mass is 306 g/mol. The van der Waals surface area contributed by atoms with Crippen LogP contribution in [-0.2, 0) is 11.3 Å². The minimum absolute atomic E-state index is 0.727. The van der Waals surface area contributed by atoms with Crippen molar-refractivity contribution in [2.75, 3.05) is 26.2 Å². The SMILES string of the molecule is O=C(O)/C=C/c1ccsc1CN1CCN2CCCCC2C1. The van der Waals surface area contributed by atoms with Crippen LogP contribution in [0.25, 0.3) is 6.08 Å². The molecule has 4 nitrogen and oxygen atoms in total. The number of carboxylic acid groups (broad SMARTS) is 1. The zero-order chi connectivity index (χ0) is 14.7. The van der Waals surface area contributed by atoms with Gasteiger partial charge in [0.15, 0.2) is 0 Å². The van der Waals surface area contributed by atoms with Crippen LogP contribution in [0.15, 0.2) is 17.5 Å². The molecule has 1 unspecified atom stereocenters. The van der Waals surface area contributed by atoms with Crippen LogP contribution >= 0.6 is 11.3 Å². The first-order valence-electron chi connectivity index (χ1n) is 7.66. The van der Waals surface area contributed by atoms with Gasteiger partial charge in [0.25, 0.3) is 0 Å². The number of piperidine rings is 1. The third-order valence-corrected chi connectivity index (χ3v) is 5.40. The molecule has 1 aromatic rings. The number of carbonyl (C=O) groups is 1. The van der Waals surface area contributed by atoms with Crippen LogP contribution in [0.4, 0.5) is 0 Å². The number of piperazine rings is 1. The summed E-state index contributed by atoms with van der Waals surface area (Å²) in [6, 6.07) is 2.74. The third-order valence-electron chi connectivity index (χ3n) is 4.47. The molecule has 2 fully saturated rings. The van der Waals surface area contributed by atoms with Gasteiger partial charge in [0.05, 0.1) is 0 Å². The van der Waals surface area contributed by atoms with E-state index in [9.17, 15) is 4.79 Å². The van der Waals surface area contributed by atoms with Crippen molar-refractivity contribution in [2.24, 2.45) is 0 Å². The maximum atomic E-state index is 10.7. The molecule has 3 heterocycles. The average Bonchev–Trinajstić information content (AvgIpc) is 2.92. The van der Waals surface area contributed by atoms with Gasteiger partial charge in [-0.25, -0.2) is 4.79 Å². The Morgan fingerprint density at radius 1 is 1.38 bits per heavy atom. The number of fused-ring (bicyclic) bond motifs is 1. The normalized spacial score (nSPS) is 24.3. The highest BCUT2D eigenvalue weighted by molar-refractivity contribution is 7.10. The Bertz CT molecular complexity index is 526. The predicted molar refractivity (Wildman–Crippen MR) is 85.5 cm³/mol. The van der Waals surface area contributed by atoms with Crippen molar-refractivity contribution in [1.29, 1.82) is 0 Å². The Labute approximate surface area is 129 Å². The minimum Gasteiger partial charge on any atom is -0.478 e. The summed E-state index contributed by atoms with van der Waals surface area (Å²) in [7, 11) is 0. The van der Waals surface area contributed by atoms with Gasteiger partial charge in [0.1, 0.15) is 0 Å². The molecule has 114 valence electrons. The van der Waals surface area contributed by atoms with Gasteiger partial charge < -0.3 is 5.11 Å². The van der Waals surface area contributed by atoms with Crippen LogP contribution in [0.2, 0.25) is 0 Å². The molecule has 0 aromatic carbocycles. The van der Waals surface area contributed by atoms with Gasteiger partial charge in [-0.3, -0.25) is 9.80 Å². The molecule has 3 rings (SSSR count). The van der Waals surface area contributed by atoms with Gasteiger partial charge in [0.2, 0.25) is 0 Å². The predicted octanol–water partition coefficient (Wildman–Crippen LogP) is 2.52. The molecule has 0 amide bonds. The molecule has 0 aliphatic carbocycles. The lowest BCUT2D eigenvalue weighted by atomic mass is 9.99. The first kappa shape index (κ1) is 14.8. The number of hydrogen-bond acceptors (Lipinski definition) is 4. The number of nitrogens with zero attached hydrogens (tertiary/aromatic N) is 2. The van der Waals surface area contributed by atoms with Gasteiger partial charge in [-0.1, -0.05) is 6.42 Å². The van der Waals surface area contributed by atoms with Crippen LogP contribution in [0.3, 0.4) is 0 Å². The van der Waals surface area contributed by atoms with Gasteiger partial charge in [-0.05, 0) is 42.5 Å². The van der Waals surface area contributed by atoms with Gasteiger partial charge >= 0.3 is 5.97 Å². The molecule has 5 heteroatoms. The van der Waals surface area contributed by atoms with Crippen LogP contribution in [0, 0.1) is 0 Å². The number of aliphatic carboxylic acids is 1. The van der Waals surface area contributed by atoms with Crippen molar-refractivity contribution >= 4 is 23.4 Å². The molecule has 1 aromatic heterocycles. The van der Waals surface area contributed by atoms with E-state index in [0.29, 0.717) is 0 Å². The number of thiophene rings is 1. The molecule has 1 N–H and O–H groups in total. The van der Waals surface area contributed by atoms with E-state index in [1.165, 1.54) is 43.3 Å². The second-order valence-electron chi connectivity index (χ2n) is 5.89. The van der Waals surface area contributed by atoms with Crippen LogP contribution in [-0.4, -0.2) is 53.1 Å². The summed E-state index contributed by atoms with van der Waals surface area (Å²) in [4.78, 5) is 17.1. The van der Waals surface area contributed by atoms with Gasteiger partial charge in [0, 0.05) is 43.2 Å². The van der Waals surface area contributed by atoms with E-state index in [4.69, 9.17) is 5.11 Å². The Kier molecular flexibility index (Phi) is 4.73. The third kappa shape index (κ3) is 3.73. The molecule has 1 atom stereocenters. The highest BCUT2D eigenvalue weighted by atomic mass is 32.1. The van der Waals surface area contributed by atoms with E-state index in [1.807, 2.05) is 11.4 Å². The molecular formula is C16H22N2O2S. The smallest absolute Gasteiger partial charge is 0.328 e. The molecule has 0 spiro atoms. The standard InChI is InChI=1S/C16H22N2O2S/c19-16(20)5-4-13-6-10-21-15(13)12-17-8-9-18-7-2-1-3-14(18)11-17/h4-6,10,14H,1-3,7-9,11-12H2,(H,19,20)/b5-4+. The maximum Gasteiger partial charge on any atom is 0.328 e. The lowest BCUT2D eigenvalue weighted by Crippen LogP contribution is -2.54. The molecule has 2 aliphatic rings. The first-order valence-corrected chi connectivity index (χ1v) is 8.54. The fraction of sp³-hybridized carbons (Fsp3) is 0.562. The van der Waals surface area contributed by atoms with E-state index >= 15 is 0 Å². The van der Waals surface area contributed by atoms with Crippen molar-refractivity contribution in [3.05, 3.63) is 28.0 Å². The van der Waals surface area contributed by atoms with Crippen LogP contribution in [0.1, 0.15) is 29.7 Å². The highest BCUT2D eigenvalue weighted by Gasteiger charge is 2.28. The maximum absolute atomic E-state index is 10.7. The van der Waals surface area contributed by atoms with Crippen molar-refractivity contribution in [2.45, 2.75) is 31.8 Å². The van der Waals surface area contributed by atoms with E-state index in [2.05, 4.69) is 9.80 Å². The Morgan fingerprint density at radius 2 is 2.29 bits per heavy atom. The second kappa shape index (κ2) is 6.73. The van der Waals surface area contributed by atoms with Crippen molar-refractivity contribution < 1.29 is 9.90 Å². The van der Waals surface area contributed by atoms with E-state index in [-0.39, 0.29) is 0 Å². The summed E-state index contributed by atoms with van der Waals surface area (Å²) >= 11 is 1.72. The highest BCUT2D eigenvalue weighted by Crippen LogP contribution is 2.25. The van der Waals surface area contributed by atoms with Crippen molar-refractivity contribution in [1.82, 2.24) is 9.80 Å². The minimum atomic E-state index is -0.886. The quantitative estimate of drug-likeness (QED) is 0.868. The average molecular weight is 306 g/mol. The Morgan fingerprint density at radius 3 is 3.14 bits per heavy atom.